The van der Waals surface area contributed by atoms with E-state index >= 15 is 0 Å². The van der Waals surface area contributed by atoms with Crippen molar-refractivity contribution in [1.29, 1.82) is 0 Å². The van der Waals surface area contributed by atoms with Gasteiger partial charge in [0.1, 0.15) is 0 Å². The average molecular weight is 273 g/mol. The maximum atomic E-state index is 10.6. The second kappa shape index (κ2) is 3.84. The average Bonchev–Trinajstić information content (AvgIpc) is 2.49. The standard InChI is InChI=1S/C9H8BrNO2S/c10-8-2-1-3-9-7(8)4-5-11(9)6-14(12)13/h1-5H,6H2,(H,12,13)/p-1. The van der Waals surface area contributed by atoms with Crippen LogP contribution in [-0.2, 0) is 17.0 Å². The SMILES string of the molecule is O=S([O-])Cn1ccc2c(Br)cccc21. The zero-order valence-electron chi connectivity index (χ0n) is 7.14. The number of halogens is 1. The molecule has 0 spiro atoms. The number of rotatable bonds is 2. The Hall–Kier alpha value is -0.650. The Kier molecular flexibility index (Phi) is 2.71. The fourth-order valence-electron chi connectivity index (χ4n) is 1.41. The van der Waals surface area contributed by atoms with E-state index in [1.54, 1.807) is 10.8 Å². The highest BCUT2D eigenvalue weighted by atomic mass is 79.9. The number of aromatic nitrogens is 1. The maximum absolute atomic E-state index is 10.6. The van der Waals surface area contributed by atoms with E-state index < -0.39 is 11.1 Å². The monoisotopic (exact) mass is 272 g/mol. The Bertz CT molecular complexity index is 495. The number of hydrogen-bond donors (Lipinski definition) is 0. The summed E-state index contributed by atoms with van der Waals surface area (Å²) in [4.78, 5) is 0. The van der Waals surface area contributed by atoms with Crippen LogP contribution in [-0.4, -0.2) is 13.3 Å². The van der Waals surface area contributed by atoms with Crippen molar-refractivity contribution in [3.05, 3.63) is 34.9 Å². The summed E-state index contributed by atoms with van der Waals surface area (Å²) in [5.41, 5.74) is 0.920. The molecule has 0 saturated carbocycles. The van der Waals surface area contributed by atoms with Crippen LogP contribution in [0, 0.1) is 0 Å². The smallest absolute Gasteiger partial charge is 0.0849 e. The first-order chi connectivity index (χ1) is 6.68. The van der Waals surface area contributed by atoms with Gasteiger partial charge in [0, 0.05) is 21.6 Å². The van der Waals surface area contributed by atoms with E-state index in [1.807, 2.05) is 24.3 Å². The largest absolute Gasteiger partial charge is 0.771 e. The van der Waals surface area contributed by atoms with Crippen LogP contribution in [0.3, 0.4) is 0 Å². The third-order valence-electron chi connectivity index (χ3n) is 2.00. The molecule has 0 fully saturated rings. The lowest BCUT2D eigenvalue weighted by Gasteiger charge is -2.07. The van der Waals surface area contributed by atoms with E-state index in [4.69, 9.17) is 0 Å². The molecular formula is C9H7BrNO2S-. The van der Waals surface area contributed by atoms with E-state index in [0.717, 1.165) is 15.4 Å². The molecule has 3 nitrogen and oxygen atoms in total. The number of nitrogens with zero attached hydrogens (tertiary/aromatic N) is 1. The summed E-state index contributed by atoms with van der Waals surface area (Å²) in [5, 5.41) is 1.03. The van der Waals surface area contributed by atoms with Crippen LogP contribution in [0.4, 0.5) is 0 Å². The van der Waals surface area contributed by atoms with Gasteiger partial charge in [-0.25, -0.2) is 0 Å². The molecule has 0 bridgehead atoms. The van der Waals surface area contributed by atoms with Crippen molar-refractivity contribution in [3.63, 3.8) is 0 Å². The van der Waals surface area contributed by atoms with Gasteiger partial charge in [0.2, 0.25) is 0 Å². The lowest BCUT2D eigenvalue weighted by Crippen LogP contribution is -2.01. The topological polar surface area (TPSA) is 45.1 Å². The van der Waals surface area contributed by atoms with Crippen LogP contribution in [0.15, 0.2) is 34.9 Å². The molecule has 1 heterocycles. The fourth-order valence-corrected chi connectivity index (χ4v) is 2.35. The molecule has 74 valence electrons. The summed E-state index contributed by atoms with van der Waals surface area (Å²) in [6.07, 6.45) is 1.77. The maximum Gasteiger partial charge on any atom is 0.0849 e. The molecule has 1 aromatic carbocycles. The first kappa shape index (κ1) is 9.89. The van der Waals surface area contributed by atoms with Crippen LogP contribution < -0.4 is 0 Å². The molecule has 1 aromatic heterocycles. The van der Waals surface area contributed by atoms with Gasteiger partial charge in [-0.3, -0.25) is 4.21 Å². The highest BCUT2D eigenvalue weighted by Gasteiger charge is 2.02. The summed E-state index contributed by atoms with van der Waals surface area (Å²) in [6, 6.07) is 7.61. The third kappa shape index (κ3) is 1.75. The van der Waals surface area contributed by atoms with Crippen molar-refractivity contribution in [3.8, 4) is 0 Å². The Morgan fingerprint density at radius 3 is 2.93 bits per heavy atom. The predicted molar refractivity (Wildman–Crippen MR) is 58.6 cm³/mol. The van der Waals surface area contributed by atoms with Gasteiger partial charge in [-0.2, -0.15) is 0 Å². The van der Waals surface area contributed by atoms with Crippen molar-refractivity contribution in [1.82, 2.24) is 4.57 Å². The molecule has 2 aromatic rings. The zero-order chi connectivity index (χ0) is 10.1. The summed E-state index contributed by atoms with van der Waals surface area (Å²) in [6.45, 7) is 0. The highest BCUT2D eigenvalue weighted by molar-refractivity contribution is 9.10. The van der Waals surface area contributed by atoms with Crippen LogP contribution in [0.1, 0.15) is 0 Å². The minimum absolute atomic E-state index is 0.0000463. The second-order valence-corrected chi connectivity index (χ2v) is 4.61. The highest BCUT2D eigenvalue weighted by Crippen LogP contribution is 2.24. The van der Waals surface area contributed by atoms with Gasteiger partial charge in [0.25, 0.3) is 0 Å². The molecule has 2 rings (SSSR count). The van der Waals surface area contributed by atoms with Gasteiger partial charge in [-0.05, 0) is 29.3 Å². The molecular weight excluding hydrogens is 266 g/mol. The van der Waals surface area contributed by atoms with E-state index in [9.17, 15) is 8.76 Å². The fraction of sp³-hybridized carbons (Fsp3) is 0.111. The summed E-state index contributed by atoms with van der Waals surface area (Å²) in [7, 11) is 0. The van der Waals surface area contributed by atoms with Crippen LogP contribution in [0.2, 0.25) is 0 Å². The number of hydrogen-bond acceptors (Lipinski definition) is 2. The lowest BCUT2D eigenvalue weighted by molar-refractivity contribution is 0.527. The minimum atomic E-state index is -2.06. The molecule has 0 amide bonds. The molecule has 0 radical (unpaired) electrons. The Morgan fingerprint density at radius 2 is 2.21 bits per heavy atom. The van der Waals surface area contributed by atoms with Crippen LogP contribution >= 0.6 is 15.9 Å². The van der Waals surface area contributed by atoms with E-state index in [-0.39, 0.29) is 5.88 Å². The summed E-state index contributed by atoms with van der Waals surface area (Å²) in [5.74, 6) is -0.0000463. The molecule has 0 aliphatic heterocycles. The van der Waals surface area contributed by atoms with Gasteiger partial charge >= 0.3 is 0 Å². The molecule has 0 N–H and O–H groups in total. The van der Waals surface area contributed by atoms with Crippen molar-refractivity contribution in [2.75, 3.05) is 0 Å². The van der Waals surface area contributed by atoms with E-state index in [0.29, 0.717) is 0 Å². The molecule has 0 saturated heterocycles. The van der Waals surface area contributed by atoms with Gasteiger partial charge in [0.15, 0.2) is 0 Å². The van der Waals surface area contributed by atoms with Crippen molar-refractivity contribution >= 4 is 37.9 Å². The van der Waals surface area contributed by atoms with Crippen molar-refractivity contribution < 1.29 is 8.76 Å². The molecule has 0 aliphatic carbocycles. The van der Waals surface area contributed by atoms with Crippen molar-refractivity contribution in [2.24, 2.45) is 0 Å². The van der Waals surface area contributed by atoms with Gasteiger partial charge in [-0.1, -0.05) is 22.0 Å². The predicted octanol–water partition coefficient (Wildman–Crippen LogP) is 2.24. The molecule has 1 atom stereocenters. The summed E-state index contributed by atoms with van der Waals surface area (Å²) < 4.78 is 23.8. The van der Waals surface area contributed by atoms with Gasteiger partial charge < -0.3 is 9.12 Å². The quantitative estimate of drug-likeness (QED) is 0.788. The molecule has 0 aliphatic rings. The Balaban J connectivity index is 2.58. The lowest BCUT2D eigenvalue weighted by atomic mass is 10.2. The molecule has 5 heteroatoms. The second-order valence-electron chi connectivity index (χ2n) is 2.89. The molecule has 1 unspecified atom stereocenters. The minimum Gasteiger partial charge on any atom is -0.771 e. The summed E-state index contributed by atoms with van der Waals surface area (Å²) >= 11 is 1.35. The number of fused-ring (bicyclic) bond motifs is 1. The Labute approximate surface area is 92.1 Å². The van der Waals surface area contributed by atoms with Gasteiger partial charge in [-0.15, -0.1) is 0 Å². The van der Waals surface area contributed by atoms with E-state index in [2.05, 4.69) is 15.9 Å². The first-order valence-electron chi connectivity index (χ1n) is 3.98. The first-order valence-corrected chi connectivity index (χ1v) is 6.01. The normalized spacial score (nSPS) is 13.3. The Morgan fingerprint density at radius 1 is 1.43 bits per heavy atom. The molecule has 14 heavy (non-hydrogen) atoms. The van der Waals surface area contributed by atoms with Crippen LogP contribution in [0.5, 0.6) is 0 Å². The van der Waals surface area contributed by atoms with Crippen molar-refractivity contribution in [2.45, 2.75) is 5.88 Å². The van der Waals surface area contributed by atoms with Gasteiger partial charge in [0.05, 0.1) is 5.88 Å². The van der Waals surface area contributed by atoms with E-state index in [1.165, 1.54) is 0 Å². The third-order valence-corrected chi connectivity index (χ3v) is 3.19. The zero-order valence-corrected chi connectivity index (χ0v) is 9.55. The van der Waals surface area contributed by atoms with Crippen LogP contribution in [0.25, 0.3) is 10.9 Å². The number of benzene rings is 1.